The highest BCUT2D eigenvalue weighted by molar-refractivity contribution is 7.18. The van der Waals surface area contributed by atoms with Crippen molar-refractivity contribution in [2.24, 2.45) is 0 Å². The number of benzene rings is 1. The zero-order chi connectivity index (χ0) is 11.8. The lowest BCUT2D eigenvalue weighted by Gasteiger charge is -2.05. The molecule has 1 N–H and O–H groups in total. The second-order valence-corrected chi connectivity index (χ2v) is 6.12. The maximum Gasteiger partial charge on any atom is 0.0954 e. The molecule has 3 rings (SSSR count). The highest BCUT2D eigenvalue weighted by Gasteiger charge is 2.16. The van der Waals surface area contributed by atoms with E-state index >= 15 is 0 Å². The number of hydrogen-bond donors (Lipinski definition) is 1. The second kappa shape index (κ2) is 4.39. The maximum atomic E-state index is 4.76. The Labute approximate surface area is 106 Å². The molecule has 1 aliphatic heterocycles. The summed E-state index contributed by atoms with van der Waals surface area (Å²) in [7, 11) is 0. The summed E-state index contributed by atoms with van der Waals surface area (Å²) in [6, 6.07) is 5.14. The highest BCUT2D eigenvalue weighted by Crippen LogP contribution is 2.26. The summed E-state index contributed by atoms with van der Waals surface area (Å²) < 4.78 is 1.33. The molecule has 0 aliphatic carbocycles. The van der Waals surface area contributed by atoms with E-state index in [-0.39, 0.29) is 0 Å². The number of nitrogens with one attached hydrogen (secondary N) is 1. The Morgan fingerprint density at radius 1 is 1.35 bits per heavy atom. The lowest BCUT2D eigenvalue weighted by molar-refractivity contribution is 0.602. The van der Waals surface area contributed by atoms with Crippen LogP contribution in [0.2, 0.25) is 0 Å². The Hall–Kier alpha value is -0.930. The van der Waals surface area contributed by atoms with Crippen LogP contribution in [0.25, 0.3) is 10.2 Å². The fourth-order valence-corrected chi connectivity index (χ4v) is 3.58. The van der Waals surface area contributed by atoms with Gasteiger partial charge in [-0.2, -0.15) is 0 Å². The van der Waals surface area contributed by atoms with Crippen LogP contribution in [0.5, 0.6) is 0 Å². The third kappa shape index (κ3) is 2.22. The smallest absolute Gasteiger partial charge is 0.0954 e. The van der Waals surface area contributed by atoms with E-state index in [9.17, 15) is 0 Å². The van der Waals surface area contributed by atoms with Crippen molar-refractivity contribution in [1.82, 2.24) is 10.3 Å². The minimum atomic E-state index is 0.651. The number of rotatable bonds is 2. The van der Waals surface area contributed by atoms with Gasteiger partial charge in [0.05, 0.1) is 15.2 Å². The van der Waals surface area contributed by atoms with Gasteiger partial charge in [-0.05, 0) is 56.5 Å². The van der Waals surface area contributed by atoms with Gasteiger partial charge in [-0.15, -0.1) is 11.3 Å². The van der Waals surface area contributed by atoms with Crippen LogP contribution in [0.1, 0.15) is 29.0 Å². The van der Waals surface area contributed by atoms with Gasteiger partial charge in [0.2, 0.25) is 0 Å². The summed E-state index contributed by atoms with van der Waals surface area (Å²) in [5.74, 6) is 0. The summed E-state index contributed by atoms with van der Waals surface area (Å²) in [5.41, 5.74) is 3.88. The van der Waals surface area contributed by atoms with Crippen molar-refractivity contribution in [3.63, 3.8) is 0 Å². The molecule has 2 nitrogen and oxygen atoms in total. The van der Waals surface area contributed by atoms with Gasteiger partial charge in [0, 0.05) is 12.5 Å². The Morgan fingerprint density at radius 2 is 2.18 bits per heavy atom. The fourth-order valence-electron chi connectivity index (χ4n) is 2.46. The number of aryl methyl sites for hydroxylation is 2. The minimum absolute atomic E-state index is 0.651. The van der Waals surface area contributed by atoms with Crippen LogP contribution >= 0.6 is 11.3 Å². The van der Waals surface area contributed by atoms with E-state index in [1.54, 1.807) is 0 Å². The molecule has 0 bridgehead atoms. The minimum Gasteiger partial charge on any atom is -0.314 e. The Kier molecular flexibility index (Phi) is 2.89. The van der Waals surface area contributed by atoms with Gasteiger partial charge in [0.25, 0.3) is 0 Å². The molecule has 90 valence electrons. The van der Waals surface area contributed by atoms with Crippen LogP contribution in [-0.4, -0.2) is 17.6 Å². The number of hydrogen-bond acceptors (Lipinski definition) is 3. The molecule has 1 aromatic heterocycles. The Balaban J connectivity index is 1.90. The third-order valence-electron chi connectivity index (χ3n) is 3.63. The largest absolute Gasteiger partial charge is 0.314 e. The Bertz CT molecular complexity index is 499. The first-order chi connectivity index (χ1) is 8.22. The molecule has 1 fully saturated rings. The monoisotopic (exact) mass is 246 g/mol. The van der Waals surface area contributed by atoms with Crippen LogP contribution < -0.4 is 5.32 Å². The summed E-state index contributed by atoms with van der Waals surface area (Å²) in [4.78, 5) is 4.76. The topological polar surface area (TPSA) is 24.9 Å². The standard InChI is InChI=1S/C14H18N2S/c1-9-6-12-13(7-10(9)2)17-14(16-12)8-11-4-3-5-15-11/h6-7,11,15H,3-5,8H2,1-2H3. The lowest BCUT2D eigenvalue weighted by atomic mass is 10.1. The molecule has 2 aromatic rings. The fraction of sp³-hybridized carbons (Fsp3) is 0.500. The van der Waals surface area contributed by atoms with Gasteiger partial charge in [0.1, 0.15) is 0 Å². The number of fused-ring (bicyclic) bond motifs is 1. The van der Waals surface area contributed by atoms with E-state index in [0.29, 0.717) is 6.04 Å². The third-order valence-corrected chi connectivity index (χ3v) is 4.67. The van der Waals surface area contributed by atoms with Gasteiger partial charge in [-0.3, -0.25) is 0 Å². The van der Waals surface area contributed by atoms with Crippen molar-refractivity contribution in [1.29, 1.82) is 0 Å². The lowest BCUT2D eigenvalue weighted by Crippen LogP contribution is -2.23. The summed E-state index contributed by atoms with van der Waals surface area (Å²) >= 11 is 1.86. The zero-order valence-corrected chi connectivity index (χ0v) is 11.2. The first-order valence-corrected chi connectivity index (χ1v) is 7.14. The molecule has 2 heterocycles. The molecule has 3 heteroatoms. The van der Waals surface area contributed by atoms with E-state index in [1.807, 2.05) is 11.3 Å². The number of thiazole rings is 1. The Morgan fingerprint density at radius 3 is 2.94 bits per heavy atom. The SMILES string of the molecule is Cc1cc2nc(CC3CCCN3)sc2cc1C. The van der Waals surface area contributed by atoms with Crippen LogP contribution in [0.3, 0.4) is 0 Å². The van der Waals surface area contributed by atoms with Crippen molar-refractivity contribution in [2.45, 2.75) is 39.2 Å². The molecule has 0 spiro atoms. The van der Waals surface area contributed by atoms with E-state index in [4.69, 9.17) is 4.98 Å². The van der Waals surface area contributed by atoms with Gasteiger partial charge in [-0.25, -0.2) is 4.98 Å². The first-order valence-electron chi connectivity index (χ1n) is 6.32. The average Bonchev–Trinajstić information content (AvgIpc) is 2.89. The second-order valence-electron chi connectivity index (χ2n) is 5.01. The molecule has 1 atom stereocenters. The number of nitrogens with zero attached hydrogens (tertiary/aromatic N) is 1. The van der Waals surface area contributed by atoms with E-state index in [2.05, 4.69) is 31.3 Å². The van der Waals surface area contributed by atoms with Gasteiger partial charge in [0.15, 0.2) is 0 Å². The quantitative estimate of drug-likeness (QED) is 0.880. The van der Waals surface area contributed by atoms with Gasteiger partial charge in [-0.1, -0.05) is 0 Å². The van der Waals surface area contributed by atoms with Gasteiger partial charge < -0.3 is 5.32 Å². The van der Waals surface area contributed by atoms with E-state index < -0.39 is 0 Å². The van der Waals surface area contributed by atoms with Crippen LogP contribution in [0, 0.1) is 13.8 Å². The van der Waals surface area contributed by atoms with Crippen LogP contribution in [-0.2, 0) is 6.42 Å². The van der Waals surface area contributed by atoms with Crippen molar-refractivity contribution < 1.29 is 0 Å². The average molecular weight is 246 g/mol. The molecule has 0 amide bonds. The summed E-state index contributed by atoms with van der Waals surface area (Å²) in [5, 5.41) is 4.82. The molecule has 1 unspecified atom stereocenters. The summed E-state index contributed by atoms with van der Waals surface area (Å²) in [6.45, 7) is 5.51. The normalized spacial score (nSPS) is 20.2. The molecular weight excluding hydrogens is 228 g/mol. The van der Waals surface area contributed by atoms with Crippen molar-refractivity contribution in [2.75, 3.05) is 6.54 Å². The van der Waals surface area contributed by atoms with Crippen LogP contribution in [0.15, 0.2) is 12.1 Å². The summed E-state index contributed by atoms with van der Waals surface area (Å²) in [6.07, 6.45) is 3.71. The molecule has 0 saturated carbocycles. The van der Waals surface area contributed by atoms with Crippen molar-refractivity contribution >= 4 is 21.6 Å². The first kappa shape index (κ1) is 11.2. The van der Waals surface area contributed by atoms with Crippen molar-refractivity contribution in [3.05, 3.63) is 28.3 Å². The number of aromatic nitrogens is 1. The predicted octanol–water partition coefficient (Wildman–Crippen LogP) is 3.21. The maximum absolute atomic E-state index is 4.76. The molecule has 0 radical (unpaired) electrons. The molecule has 1 aromatic carbocycles. The van der Waals surface area contributed by atoms with Crippen molar-refractivity contribution in [3.8, 4) is 0 Å². The van der Waals surface area contributed by atoms with E-state index in [1.165, 1.54) is 45.7 Å². The van der Waals surface area contributed by atoms with Crippen LogP contribution in [0.4, 0.5) is 0 Å². The molecule has 17 heavy (non-hydrogen) atoms. The zero-order valence-electron chi connectivity index (χ0n) is 10.4. The molecular formula is C14H18N2S. The molecule has 1 saturated heterocycles. The van der Waals surface area contributed by atoms with E-state index in [0.717, 1.165) is 6.42 Å². The van der Waals surface area contributed by atoms with Gasteiger partial charge >= 0.3 is 0 Å². The predicted molar refractivity (Wildman–Crippen MR) is 73.8 cm³/mol. The highest BCUT2D eigenvalue weighted by atomic mass is 32.1. The molecule has 1 aliphatic rings.